The van der Waals surface area contributed by atoms with Gasteiger partial charge in [-0.15, -0.1) is 0 Å². The molecule has 0 radical (unpaired) electrons. The predicted octanol–water partition coefficient (Wildman–Crippen LogP) is 3.58. The highest BCUT2D eigenvalue weighted by Crippen LogP contribution is 2.27. The molecule has 1 heterocycles. The Hall–Kier alpha value is -2.62. The van der Waals surface area contributed by atoms with Crippen LogP contribution in [0.1, 0.15) is 36.0 Å². The third kappa shape index (κ3) is 3.96. The van der Waals surface area contributed by atoms with E-state index in [1.54, 1.807) is 4.90 Å². The quantitative estimate of drug-likeness (QED) is 0.896. The molecule has 0 aromatic heterocycles. The van der Waals surface area contributed by atoms with Gasteiger partial charge in [0.15, 0.2) is 0 Å². The molecule has 0 bridgehead atoms. The lowest BCUT2D eigenvalue weighted by molar-refractivity contribution is -0.126. The zero-order valence-corrected chi connectivity index (χ0v) is 15.7. The van der Waals surface area contributed by atoms with E-state index in [1.165, 1.54) is 11.1 Å². The van der Waals surface area contributed by atoms with Gasteiger partial charge >= 0.3 is 0 Å². The minimum atomic E-state index is -0.285. The summed E-state index contributed by atoms with van der Waals surface area (Å²) in [4.78, 5) is 26.7. The topological polar surface area (TPSA) is 49.4 Å². The predicted molar refractivity (Wildman–Crippen MR) is 104 cm³/mol. The maximum Gasteiger partial charge on any atom is 0.227 e. The number of nitrogens with one attached hydrogen (secondary N) is 1. The Labute approximate surface area is 155 Å². The second kappa shape index (κ2) is 7.73. The molecule has 1 N–H and O–H groups in total. The first-order valence-corrected chi connectivity index (χ1v) is 9.16. The SMILES string of the molecule is Cc1ccc(N2C[C@@H](C(=O)NC[C@@H](C)c3ccccc3)CC2=O)cc1C. The number of carbonyl (C=O) groups is 2. The van der Waals surface area contributed by atoms with Crippen LogP contribution in [0.4, 0.5) is 5.69 Å². The fourth-order valence-electron chi connectivity index (χ4n) is 3.32. The van der Waals surface area contributed by atoms with Gasteiger partial charge in [-0.05, 0) is 48.6 Å². The number of hydrogen-bond donors (Lipinski definition) is 1. The normalized spacial score (nSPS) is 18.0. The fraction of sp³-hybridized carbons (Fsp3) is 0.364. The molecule has 2 aromatic carbocycles. The maximum absolute atomic E-state index is 12.5. The highest BCUT2D eigenvalue weighted by atomic mass is 16.2. The monoisotopic (exact) mass is 350 g/mol. The molecule has 3 rings (SSSR count). The van der Waals surface area contributed by atoms with E-state index in [0.717, 1.165) is 11.3 Å². The number of anilines is 1. The van der Waals surface area contributed by atoms with Gasteiger partial charge in [0.05, 0.1) is 5.92 Å². The molecule has 0 unspecified atom stereocenters. The summed E-state index contributed by atoms with van der Waals surface area (Å²) in [5, 5.41) is 3.02. The third-order valence-electron chi connectivity index (χ3n) is 5.25. The van der Waals surface area contributed by atoms with Gasteiger partial charge in [0.2, 0.25) is 11.8 Å². The Kier molecular flexibility index (Phi) is 5.40. The van der Waals surface area contributed by atoms with Crippen molar-refractivity contribution in [3.05, 3.63) is 65.2 Å². The number of carbonyl (C=O) groups excluding carboxylic acids is 2. The molecule has 4 heteroatoms. The van der Waals surface area contributed by atoms with E-state index in [4.69, 9.17) is 0 Å². The van der Waals surface area contributed by atoms with Gasteiger partial charge in [-0.2, -0.15) is 0 Å². The highest BCUT2D eigenvalue weighted by molar-refractivity contribution is 6.00. The molecule has 2 aromatic rings. The van der Waals surface area contributed by atoms with Crippen LogP contribution in [0, 0.1) is 19.8 Å². The molecule has 0 spiro atoms. The molecule has 4 nitrogen and oxygen atoms in total. The standard InChI is InChI=1S/C22H26N2O2/c1-15-9-10-20(11-16(15)2)24-14-19(12-21(24)25)22(26)23-13-17(3)18-7-5-4-6-8-18/h4-11,17,19H,12-14H2,1-3H3,(H,23,26)/t17-,19+/m1/s1. The van der Waals surface area contributed by atoms with Crippen molar-refractivity contribution in [1.29, 1.82) is 0 Å². The van der Waals surface area contributed by atoms with Gasteiger partial charge in [-0.3, -0.25) is 9.59 Å². The first kappa shape index (κ1) is 18.2. The number of rotatable bonds is 5. The Morgan fingerprint density at radius 2 is 1.88 bits per heavy atom. The minimum Gasteiger partial charge on any atom is -0.355 e. The van der Waals surface area contributed by atoms with Crippen LogP contribution >= 0.6 is 0 Å². The van der Waals surface area contributed by atoms with Crippen LogP contribution < -0.4 is 10.2 Å². The molecule has 136 valence electrons. The summed E-state index contributed by atoms with van der Waals surface area (Å²) in [6, 6.07) is 16.1. The van der Waals surface area contributed by atoms with Crippen molar-refractivity contribution in [2.45, 2.75) is 33.1 Å². The lowest BCUT2D eigenvalue weighted by Gasteiger charge is -2.18. The smallest absolute Gasteiger partial charge is 0.227 e. The van der Waals surface area contributed by atoms with Gasteiger partial charge < -0.3 is 10.2 Å². The van der Waals surface area contributed by atoms with Crippen molar-refractivity contribution in [3.8, 4) is 0 Å². The van der Waals surface area contributed by atoms with Crippen LogP contribution in [0.3, 0.4) is 0 Å². The molecule has 1 aliphatic rings. The van der Waals surface area contributed by atoms with Crippen LogP contribution in [0.2, 0.25) is 0 Å². The average Bonchev–Trinajstić information content (AvgIpc) is 3.04. The summed E-state index contributed by atoms with van der Waals surface area (Å²) in [5.41, 5.74) is 4.43. The highest BCUT2D eigenvalue weighted by Gasteiger charge is 2.35. The van der Waals surface area contributed by atoms with Gasteiger partial charge in [-0.1, -0.05) is 43.3 Å². The molecular weight excluding hydrogens is 324 g/mol. The minimum absolute atomic E-state index is 0.0181. The van der Waals surface area contributed by atoms with Crippen LogP contribution in [0.25, 0.3) is 0 Å². The van der Waals surface area contributed by atoms with Crippen molar-refractivity contribution in [2.75, 3.05) is 18.0 Å². The number of amides is 2. The Bertz CT molecular complexity index is 801. The lowest BCUT2D eigenvalue weighted by atomic mass is 10.0. The van der Waals surface area contributed by atoms with E-state index < -0.39 is 0 Å². The molecule has 1 aliphatic heterocycles. The maximum atomic E-state index is 12.5. The molecule has 2 amide bonds. The van der Waals surface area contributed by atoms with Crippen molar-refractivity contribution >= 4 is 17.5 Å². The summed E-state index contributed by atoms with van der Waals surface area (Å²) in [6.45, 7) is 7.21. The molecule has 1 saturated heterocycles. The summed E-state index contributed by atoms with van der Waals surface area (Å²) in [5.74, 6) is -0.0582. The van der Waals surface area contributed by atoms with Crippen LogP contribution in [-0.4, -0.2) is 24.9 Å². The zero-order valence-electron chi connectivity index (χ0n) is 15.7. The third-order valence-corrected chi connectivity index (χ3v) is 5.25. The number of aryl methyl sites for hydroxylation is 2. The second-order valence-corrected chi connectivity index (χ2v) is 7.23. The number of nitrogens with zero attached hydrogens (tertiary/aromatic N) is 1. The first-order valence-electron chi connectivity index (χ1n) is 9.16. The average molecular weight is 350 g/mol. The first-order chi connectivity index (χ1) is 12.5. The summed E-state index contributed by atoms with van der Waals surface area (Å²) in [7, 11) is 0. The van der Waals surface area contributed by atoms with Crippen LogP contribution in [-0.2, 0) is 9.59 Å². The van der Waals surface area contributed by atoms with E-state index >= 15 is 0 Å². The largest absolute Gasteiger partial charge is 0.355 e. The number of benzene rings is 2. The van der Waals surface area contributed by atoms with Crippen LogP contribution in [0.15, 0.2) is 48.5 Å². The Morgan fingerprint density at radius 1 is 1.15 bits per heavy atom. The van der Waals surface area contributed by atoms with Gasteiger partial charge in [0.25, 0.3) is 0 Å². The Morgan fingerprint density at radius 3 is 2.58 bits per heavy atom. The van der Waals surface area contributed by atoms with Gasteiger partial charge in [-0.25, -0.2) is 0 Å². The van der Waals surface area contributed by atoms with E-state index in [9.17, 15) is 9.59 Å². The summed E-state index contributed by atoms with van der Waals surface area (Å²) >= 11 is 0. The second-order valence-electron chi connectivity index (χ2n) is 7.23. The van der Waals surface area contributed by atoms with Crippen molar-refractivity contribution in [2.24, 2.45) is 5.92 Å². The van der Waals surface area contributed by atoms with Crippen LogP contribution in [0.5, 0.6) is 0 Å². The molecule has 1 fully saturated rings. The fourth-order valence-corrected chi connectivity index (χ4v) is 3.32. The molecule has 2 atom stereocenters. The summed E-state index contributed by atoms with van der Waals surface area (Å²) in [6.07, 6.45) is 0.276. The van der Waals surface area contributed by atoms with E-state index in [2.05, 4.69) is 31.3 Å². The van der Waals surface area contributed by atoms with Gasteiger partial charge in [0, 0.05) is 25.2 Å². The lowest BCUT2D eigenvalue weighted by Crippen LogP contribution is -2.35. The van der Waals surface area contributed by atoms with E-state index in [-0.39, 0.29) is 30.1 Å². The van der Waals surface area contributed by atoms with Crippen molar-refractivity contribution in [3.63, 3.8) is 0 Å². The van der Waals surface area contributed by atoms with Gasteiger partial charge in [0.1, 0.15) is 0 Å². The molecular formula is C22H26N2O2. The van der Waals surface area contributed by atoms with Crippen molar-refractivity contribution < 1.29 is 9.59 Å². The summed E-state index contributed by atoms with van der Waals surface area (Å²) < 4.78 is 0. The molecule has 0 aliphatic carbocycles. The molecule has 26 heavy (non-hydrogen) atoms. The molecule has 0 saturated carbocycles. The zero-order chi connectivity index (χ0) is 18.7. The van der Waals surface area contributed by atoms with Crippen molar-refractivity contribution in [1.82, 2.24) is 5.32 Å². The van der Waals surface area contributed by atoms with E-state index in [0.29, 0.717) is 13.1 Å². The van der Waals surface area contributed by atoms with E-state index in [1.807, 2.05) is 43.3 Å². The Balaban J connectivity index is 1.59. The number of hydrogen-bond acceptors (Lipinski definition) is 2.